The van der Waals surface area contributed by atoms with Crippen molar-refractivity contribution in [3.63, 3.8) is 0 Å². The third-order valence-electron chi connectivity index (χ3n) is 12.2. The number of carbonyl (C=O) groups is 6. The van der Waals surface area contributed by atoms with Gasteiger partial charge in [0, 0.05) is 81.3 Å². The number of aromatic nitrogens is 1. The number of rotatable bonds is 37. The lowest BCUT2D eigenvalue weighted by molar-refractivity contribution is -0.153. The Balaban J connectivity index is 1.28. The molecule has 440 valence electrons. The molecule has 0 radical (unpaired) electrons. The van der Waals surface area contributed by atoms with Gasteiger partial charge in [-0.3, -0.25) is 24.3 Å². The summed E-state index contributed by atoms with van der Waals surface area (Å²) >= 11 is 0. The molecule has 1 fully saturated rings. The molecule has 1 unspecified atom stereocenters. The van der Waals surface area contributed by atoms with Gasteiger partial charge in [0.25, 0.3) is 5.91 Å². The van der Waals surface area contributed by atoms with Crippen molar-refractivity contribution in [2.45, 2.75) is 103 Å². The number of para-hydroxylation sites is 2. The SMILES string of the molecule is CC/C=C\C/C=C\C/C=C\C/C=C/C=C/CCCC(=O)OCC(C)(C)[C@@H](OC(=O)c1ccccc1OC(=O)c1ccccc1OC(=O)c1cccnc1)C(=O)NCCC(=O)NCCSSCCNOCCN1C[C@@H](O)C[C@H](O)C1CO. The summed E-state index contributed by atoms with van der Waals surface area (Å²) in [5, 5.41) is 35.2. The zero-order valence-corrected chi connectivity index (χ0v) is 48.1. The van der Waals surface area contributed by atoms with Gasteiger partial charge in [-0.2, -0.15) is 0 Å². The van der Waals surface area contributed by atoms with Crippen molar-refractivity contribution < 1.29 is 67.9 Å². The van der Waals surface area contributed by atoms with Gasteiger partial charge in [0.1, 0.15) is 29.2 Å². The predicted octanol–water partition coefficient (Wildman–Crippen LogP) is 7.46. The summed E-state index contributed by atoms with van der Waals surface area (Å²) in [6, 6.07) is 14.3. The van der Waals surface area contributed by atoms with Crippen LogP contribution in [-0.2, 0) is 28.7 Å². The molecule has 81 heavy (non-hydrogen) atoms. The molecule has 0 spiro atoms. The minimum atomic E-state index is -1.57. The second-order valence-electron chi connectivity index (χ2n) is 19.2. The fourth-order valence-corrected chi connectivity index (χ4v) is 9.65. The first-order valence-electron chi connectivity index (χ1n) is 27.2. The highest BCUT2D eigenvalue weighted by atomic mass is 33.1. The first-order chi connectivity index (χ1) is 39.2. The maximum Gasteiger partial charge on any atom is 0.347 e. The molecule has 19 nitrogen and oxygen atoms in total. The lowest BCUT2D eigenvalue weighted by Crippen LogP contribution is -2.55. The highest BCUT2D eigenvalue weighted by molar-refractivity contribution is 8.76. The number of β-amino-alcohol motifs (C(OH)–C–C–N with tert-alkyl or cyclic N) is 1. The third kappa shape index (κ3) is 26.4. The molecule has 3 aromatic rings. The van der Waals surface area contributed by atoms with Crippen LogP contribution in [0.5, 0.6) is 11.5 Å². The van der Waals surface area contributed by atoms with E-state index < -0.39 is 59.6 Å². The van der Waals surface area contributed by atoms with E-state index in [1.165, 1.54) is 54.9 Å². The number of pyridine rings is 1. The van der Waals surface area contributed by atoms with Gasteiger partial charge in [-0.25, -0.2) is 19.9 Å². The van der Waals surface area contributed by atoms with Crippen LogP contribution in [-0.4, -0.2) is 149 Å². The van der Waals surface area contributed by atoms with E-state index in [9.17, 15) is 44.1 Å². The number of piperidine rings is 1. The van der Waals surface area contributed by atoms with Gasteiger partial charge >= 0.3 is 23.9 Å². The fraction of sp³-hybridized carbons (Fsp3) is 0.450. The molecule has 2 amide bonds. The Morgan fingerprint density at radius 2 is 1.41 bits per heavy atom. The molecule has 1 aliphatic heterocycles. The standard InChI is InChI=1S/C60H79N5O14S2/c1-4-5-6-7-8-9-10-11-12-13-14-15-16-17-18-19-30-54(70)75-44-60(2,3)55(56(71)63-33-31-53(69)62-34-38-80-81-39-35-64-76-37-36-65-42-46(67)40-50(68)49(65)43-66)79-59(74)48-27-21-23-29-52(48)78-58(73)47-26-20-22-28-51(47)77-57(72)45-25-24-32-61-41-45/h5-6,8-9,11-12,14-17,20-29,32,41,46,49-50,55,64,66-68H,4,7,10,13,18-19,30-31,33-40,42-44H2,1-3H3,(H,62,69)(H,63,71)/b6-5-,9-8-,12-11-,15-14+,17-16+/t46-,49?,50-,55-/m0/s1. The number of hydroxylamine groups is 1. The van der Waals surface area contributed by atoms with Crippen molar-refractivity contribution in [1.82, 2.24) is 26.0 Å². The second-order valence-corrected chi connectivity index (χ2v) is 21.9. The first-order valence-corrected chi connectivity index (χ1v) is 29.7. The largest absolute Gasteiger partial charge is 0.465 e. The van der Waals surface area contributed by atoms with Crippen molar-refractivity contribution in [1.29, 1.82) is 0 Å². The molecule has 6 N–H and O–H groups in total. The molecule has 2 aromatic carbocycles. The van der Waals surface area contributed by atoms with E-state index in [-0.39, 0.29) is 73.1 Å². The predicted molar refractivity (Wildman–Crippen MR) is 313 cm³/mol. The van der Waals surface area contributed by atoms with Gasteiger partial charge < -0.3 is 49.7 Å². The van der Waals surface area contributed by atoms with Crippen molar-refractivity contribution in [3.8, 4) is 11.5 Å². The number of ether oxygens (including phenoxy) is 4. The molecule has 2 heterocycles. The number of hydrogen-bond donors (Lipinski definition) is 6. The summed E-state index contributed by atoms with van der Waals surface area (Å²) in [4.78, 5) is 91.6. The average Bonchev–Trinajstić information content (AvgIpc) is 3.53. The molecule has 1 aromatic heterocycles. The van der Waals surface area contributed by atoms with Crippen LogP contribution in [0.3, 0.4) is 0 Å². The number of unbranched alkanes of at least 4 members (excludes halogenated alkanes) is 1. The Labute approximate surface area is 483 Å². The highest BCUT2D eigenvalue weighted by Crippen LogP contribution is 2.30. The van der Waals surface area contributed by atoms with Crippen LogP contribution in [0, 0.1) is 5.41 Å². The van der Waals surface area contributed by atoms with Gasteiger partial charge in [0.15, 0.2) is 6.10 Å². The van der Waals surface area contributed by atoms with Gasteiger partial charge in [-0.1, -0.05) is 127 Å². The molecule has 21 heteroatoms. The Bertz CT molecular complexity index is 2560. The molecule has 0 bridgehead atoms. The molecule has 1 aliphatic rings. The van der Waals surface area contributed by atoms with Crippen LogP contribution in [0.1, 0.15) is 110 Å². The molecular weight excluding hydrogens is 1080 g/mol. The van der Waals surface area contributed by atoms with Crippen LogP contribution < -0.4 is 25.6 Å². The van der Waals surface area contributed by atoms with E-state index in [1.54, 1.807) is 53.6 Å². The van der Waals surface area contributed by atoms with Crippen LogP contribution >= 0.6 is 21.6 Å². The maximum absolute atomic E-state index is 14.1. The summed E-state index contributed by atoms with van der Waals surface area (Å²) in [6.45, 7) is 6.64. The number of esters is 4. The summed E-state index contributed by atoms with van der Waals surface area (Å²) in [6.07, 6.45) is 25.5. The number of nitrogens with zero attached hydrogens (tertiary/aromatic N) is 2. The number of aliphatic hydroxyl groups excluding tert-OH is 3. The monoisotopic (exact) mass is 1160 g/mol. The number of nitrogens with one attached hydrogen (secondary N) is 3. The van der Waals surface area contributed by atoms with E-state index in [4.69, 9.17) is 23.8 Å². The van der Waals surface area contributed by atoms with E-state index in [1.807, 2.05) is 29.2 Å². The van der Waals surface area contributed by atoms with Crippen molar-refractivity contribution in [3.05, 3.63) is 151 Å². The van der Waals surface area contributed by atoms with Crippen LogP contribution in [0.4, 0.5) is 0 Å². The van der Waals surface area contributed by atoms with Crippen molar-refractivity contribution >= 4 is 57.3 Å². The quantitative estimate of drug-likeness (QED) is 0.00622. The smallest absolute Gasteiger partial charge is 0.347 e. The van der Waals surface area contributed by atoms with Crippen LogP contribution in [0.25, 0.3) is 0 Å². The molecule has 0 aliphatic carbocycles. The summed E-state index contributed by atoms with van der Waals surface area (Å²) in [7, 11) is 3.13. The third-order valence-corrected chi connectivity index (χ3v) is 14.6. The molecule has 0 saturated carbocycles. The first kappa shape index (κ1) is 67.1. The van der Waals surface area contributed by atoms with E-state index >= 15 is 0 Å². The van der Waals surface area contributed by atoms with E-state index in [0.29, 0.717) is 57.1 Å². The summed E-state index contributed by atoms with van der Waals surface area (Å²) in [5.74, 6) is -3.39. The van der Waals surface area contributed by atoms with E-state index in [0.717, 1.165) is 25.7 Å². The highest BCUT2D eigenvalue weighted by Gasteiger charge is 2.41. The zero-order chi connectivity index (χ0) is 58.5. The van der Waals surface area contributed by atoms with Crippen LogP contribution in [0.15, 0.2) is 134 Å². The zero-order valence-electron chi connectivity index (χ0n) is 46.5. The normalized spacial score (nSPS) is 16.3. The number of carbonyl (C=O) groups excluding carboxylic acids is 6. The minimum Gasteiger partial charge on any atom is -0.465 e. The Morgan fingerprint density at radius 3 is 2.09 bits per heavy atom. The van der Waals surface area contributed by atoms with Crippen LogP contribution in [0.2, 0.25) is 0 Å². The van der Waals surface area contributed by atoms with Gasteiger partial charge in [0.2, 0.25) is 5.91 Å². The lowest BCUT2D eigenvalue weighted by Gasteiger charge is -2.40. The topological polar surface area (TPSA) is 261 Å². The van der Waals surface area contributed by atoms with Gasteiger partial charge in [-0.15, -0.1) is 0 Å². The molecule has 4 atom stereocenters. The molecular formula is C60H79N5O14S2. The number of amides is 2. The number of likely N-dealkylation sites (tertiary alicyclic amines) is 1. The Morgan fingerprint density at radius 1 is 0.765 bits per heavy atom. The number of allylic oxidation sites excluding steroid dienone is 10. The second kappa shape index (κ2) is 39.1. The Kier molecular flexibility index (Phi) is 32.4. The van der Waals surface area contributed by atoms with Crippen molar-refractivity contribution in [2.75, 3.05) is 64.1 Å². The average molecular weight is 1160 g/mol. The summed E-state index contributed by atoms with van der Waals surface area (Å²) in [5.41, 5.74) is 1.37. The Hall–Kier alpha value is -6.43. The van der Waals surface area contributed by atoms with Gasteiger partial charge in [-0.05, 0) is 74.9 Å². The summed E-state index contributed by atoms with van der Waals surface area (Å²) < 4.78 is 22.7. The number of benzene rings is 2. The minimum absolute atomic E-state index is 0.0934. The maximum atomic E-state index is 14.1. The number of hydrogen-bond acceptors (Lipinski definition) is 19. The number of aliphatic hydroxyl groups is 3. The lowest BCUT2D eigenvalue weighted by atomic mass is 9.86. The van der Waals surface area contributed by atoms with E-state index in [2.05, 4.69) is 64.5 Å². The van der Waals surface area contributed by atoms with Crippen molar-refractivity contribution in [2.24, 2.45) is 5.41 Å². The van der Waals surface area contributed by atoms with Gasteiger partial charge in [0.05, 0.1) is 37.0 Å². The molecule has 1 saturated heterocycles. The fourth-order valence-electron chi connectivity index (χ4n) is 7.85. The molecule has 4 rings (SSSR count).